The molecule has 0 bridgehead atoms. The lowest BCUT2D eigenvalue weighted by atomic mass is 9.95. The van der Waals surface area contributed by atoms with Crippen LogP contribution >= 0.6 is 0 Å². The Kier molecular flexibility index (Phi) is 6.50. The molecule has 4 aromatic rings. The van der Waals surface area contributed by atoms with Gasteiger partial charge in [-0.25, -0.2) is 13.2 Å². The summed E-state index contributed by atoms with van der Waals surface area (Å²) in [6, 6.07) is 10.4. The van der Waals surface area contributed by atoms with E-state index in [1.165, 1.54) is 6.07 Å². The molecule has 2 aromatic carbocycles. The van der Waals surface area contributed by atoms with Gasteiger partial charge in [-0.2, -0.15) is 9.97 Å². The van der Waals surface area contributed by atoms with E-state index in [1.807, 2.05) is 11.9 Å². The molecule has 7 nitrogen and oxygen atoms in total. The number of rotatable bonds is 6. The number of hydrogen-bond acceptors (Lipinski definition) is 7. The van der Waals surface area contributed by atoms with Crippen molar-refractivity contribution in [3.05, 3.63) is 54.2 Å². The van der Waals surface area contributed by atoms with E-state index in [1.54, 1.807) is 36.5 Å². The maximum atomic E-state index is 16.5. The van der Waals surface area contributed by atoms with Gasteiger partial charge >= 0.3 is 6.01 Å². The number of aromatic nitrogens is 3. The summed E-state index contributed by atoms with van der Waals surface area (Å²) in [5.41, 5.74) is 0.0317. The van der Waals surface area contributed by atoms with Crippen molar-refractivity contribution in [2.24, 2.45) is 0 Å². The van der Waals surface area contributed by atoms with Crippen LogP contribution in [0.25, 0.3) is 32.9 Å². The van der Waals surface area contributed by atoms with Crippen molar-refractivity contribution >= 4 is 27.5 Å². The van der Waals surface area contributed by atoms with Crippen LogP contribution in [0.5, 0.6) is 6.01 Å². The first kappa shape index (κ1) is 26.4. The molecule has 5 heterocycles. The predicted molar refractivity (Wildman–Crippen MR) is 153 cm³/mol. The van der Waals surface area contributed by atoms with Crippen molar-refractivity contribution < 1.29 is 17.9 Å². The van der Waals surface area contributed by atoms with Crippen LogP contribution < -0.4 is 15.0 Å². The summed E-state index contributed by atoms with van der Waals surface area (Å²) in [5.74, 6) is -0.594. The van der Waals surface area contributed by atoms with Crippen LogP contribution in [0.2, 0.25) is 0 Å². The third kappa shape index (κ3) is 4.39. The van der Waals surface area contributed by atoms with Crippen molar-refractivity contribution in [2.45, 2.75) is 56.4 Å². The predicted octanol–water partition coefficient (Wildman–Crippen LogP) is 5.27. The van der Waals surface area contributed by atoms with Crippen molar-refractivity contribution in [3.63, 3.8) is 0 Å². The second kappa shape index (κ2) is 10.1. The fourth-order valence-electron chi connectivity index (χ4n) is 7.21. The Morgan fingerprint density at radius 3 is 2.80 bits per heavy atom. The standard InChI is InChI=1S/C31H33F3N6O/c1-18-24(10-12-35-18)39(2)29-22-15-36-27(21-8-3-6-19-7-4-9-23(33)25(19)21)26(34)28(22)37-30(38-29)41-17-31-11-5-13-40(31)16-20(32)14-31/h3-4,6-9,15,18,20,24,35H,5,10-14,16-17H2,1-2H3/t18-,20-,24-,31+/m1/s1. The molecule has 0 spiro atoms. The molecule has 214 valence electrons. The minimum Gasteiger partial charge on any atom is -0.461 e. The molecule has 2 aromatic heterocycles. The van der Waals surface area contributed by atoms with E-state index in [0.717, 1.165) is 32.4 Å². The Hall–Kier alpha value is -3.50. The zero-order chi connectivity index (χ0) is 28.3. The number of likely N-dealkylation sites (N-methyl/N-ethyl adjacent to an activating group) is 1. The van der Waals surface area contributed by atoms with Crippen molar-refractivity contribution in [2.75, 3.05) is 38.2 Å². The fourth-order valence-corrected chi connectivity index (χ4v) is 7.21. The Morgan fingerprint density at radius 1 is 1.17 bits per heavy atom. The molecule has 3 aliphatic heterocycles. The highest BCUT2D eigenvalue weighted by Crippen LogP contribution is 2.41. The molecular weight excluding hydrogens is 529 g/mol. The molecule has 0 saturated carbocycles. The van der Waals surface area contributed by atoms with Crippen LogP contribution in [0.1, 0.15) is 32.6 Å². The normalized spacial score (nSPS) is 26.2. The highest BCUT2D eigenvalue weighted by Gasteiger charge is 2.49. The Morgan fingerprint density at radius 2 is 2.00 bits per heavy atom. The quantitative estimate of drug-likeness (QED) is 0.344. The lowest BCUT2D eigenvalue weighted by Crippen LogP contribution is -2.43. The van der Waals surface area contributed by atoms with E-state index in [0.29, 0.717) is 40.5 Å². The van der Waals surface area contributed by atoms with Crippen LogP contribution in [0.4, 0.5) is 19.0 Å². The summed E-state index contributed by atoms with van der Waals surface area (Å²) >= 11 is 0. The molecule has 3 aliphatic rings. The second-order valence-electron chi connectivity index (χ2n) is 11.7. The maximum Gasteiger partial charge on any atom is 0.319 e. The van der Waals surface area contributed by atoms with Crippen LogP contribution in [0.3, 0.4) is 0 Å². The third-order valence-electron chi connectivity index (χ3n) is 9.30. The first-order chi connectivity index (χ1) is 19.8. The molecule has 10 heteroatoms. The summed E-state index contributed by atoms with van der Waals surface area (Å²) in [6.07, 6.45) is 3.82. The first-order valence-electron chi connectivity index (χ1n) is 14.4. The zero-order valence-electron chi connectivity index (χ0n) is 23.2. The van der Waals surface area contributed by atoms with Gasteiger partial charge in [-0.15, -0.1) is 0 Å². The van der Waals surface area contributed by atoms with E-state index >= 15 is 4.39 Å². The fraction of sp³-hybridized carbons (Fsp3) is 0.452. The van der Waals surface area contributed by atoms with Crippen LogP contribution in [-0.4, -0.2) is 76.9 Å². The number of fused-ring (bicyclic) bond motifs is 3. The summed E-state index contributed by atoms with van der Waals surface area (Å²) in [7, 11) is 1.94. The minimum atomic E-state index is -0.887. The molecule has 41 heavy (non-hydrogen) atoms. The largest absolute Gasteiger partial charge is 0.461 e. The van der Waals surface area contributed by atoms with E-state index in [4.69, 9.17) is 9.72 Å². The van der Waals surface area contributed by atoms with Gasteiger partial charge in [0.25, 0.3) is 0 Å². The summed E-state index contributed by atoms with van der Waals surface area (Å²) in [5, 5.41) is 4.86. The van der Waals surface area contributed by atoms with E-state index in [9.17, 15) is 8.78 Å². The molecule has 4 atom stereocenters. The number of hydrogen-bond donors (Lipinski definition) is 1. The Bertz CT molecular complexity index is 1630. The monoisotopic (exact) mass is 562 g/mol. The van der Waals surface area contributed by atoms with Crippen molar-refractivity contribution in [1.82, 2.24) is 25.2 Å². The number of pyridine rings is 1. The van der Waals surface area contributed by atoms with Gasteiger partial charge in [-0.05, 0) is 50.7 Å². The number of alkyl halides is 1. The third-order valence-corrected chi connectivity index (χ3v) is 9.30. The SMILES string of the molecule is C[C@H]1NCC[C@H]1N(C)c1nc(OC[C@@]23CCCN2C[C@H](F)C3)nc2c(F)c(-c3cccc4cccc(F)c34)ncc12. The van der Waals surface area contributed by atoms with Gasteiger partial charge in [0.1, 0.15) is 35.6 Å². The molecule has 0 unspecified atom stereocenters. The molecule has 3 saturated heterocycles. The van der Waals surface area contributed by atoms with Crippen LogP contribution in [-0.2, 0) is 0 Å². The number of nitrogens with zero attached hydrogens (tertiary/aromatic N) is 5. The molecule has 7 rings (SSSR count). The summed E-state index contributed by atoms with van der Waals surface area (Å²) < 4.78 is 52.0. The average molecular weight is 563 g/mol. The molecule has 0 radical (unpaired) electrons. The smallest absolute Gasteiger partial charge is 0.319 e. The van der Waals surface area contributed by atoms with Gasteiger partial charge < -0.3 is 15.0 Å². The summed E-state index contributed by atoms with van der Waals surface area (Å²) in [4.78, 5) is 18.0. The topological polar surface area (TPSA) is 66.4 Å². The van der Waals surface area contributed by atoms with E-state index in [-0.39, 0.29) is 35.9 Å². The van der Waals surface area contributed by atoms with Gasteiger partial charge in [0.05, 0.1) is 10.9 Å². The van der Waals surface area contributed by atoms with Crippen molar-refractivity contribution in [3.8, 4) is 17.3 Å². The lowest BCUT2D eigenvalue weighted by Gasteiger charge is -2.31. The number of benzene rings is 2. The number of ether oxygens (including phenoxy) is 1. The number of anilines is 1. The highest BCUT2D eigenvalue weighted by atomic mass is 19.1. The van der Waals surface area contributed by atoms with Gasteiger partial charge in [-0.3, -0.25) is 9.88 Å². The lowest BCUT2D eigenvalue weighted by molar-refractivity contribution is 0.107. The minimum absolute atomic E-state index is 0.0129. The number of nitrogens with one attached hydrogen (secondary N) is 1. The van der Waals surface area contributed by atoms with Crippen LogP contribution in [0.15, 0.2) is 42.6 Å². The first-order valence-corrected chi connectivity index (χ1v) is 14.4. The Labute approximate surface area is 236 Å². The van der Waals surface area contributed by atoms with E-state index in [2.05, 4.69) is 27.1 Å². The van der Waals surface area contributed by atoms with Gasteiger partial charge in [0.15, 0.2) is 5.82 Å². The second-order valence-corrected chi connectivity index (χ2v) is 11.7. The van der Waals surface area contributed by atoms with Gasteiger partial charge in [0.2, 0.25) is 0 Å². The highest BCUT2D eigenvalue weighted by molar-refractivity contribution is 5.99. The molecule has 3 fully saturated rings. The Balaban J connectivity index is 1.35. The molecular formula is C31H33F3N6O. The van der Waals surface area contributed by atoms with Gasteiger partial charge in [-0.1, -0.05) is 30.3 Å². The molecule has 1 N–H and O–H groups in total. The van der Waals surface area contributed by atoms with Gasteiger partial charge in [0, 0.05) is 49.2 Å². The summed E-state index contributed by atoms with van der Waals surface area (Å²) in [6.45, 7) is 4.47. The number of halogens is 3. The van der Waals surface area contributed by atoms with Crippen LogP contribution in [0, 0.1) is 11.6 Å². The molecule has 0 amide bonds. The van der Waals surface area contributed by atoms with E-state index < -0.39 is 23.3 Å². The molecule has 0 aliphatic carbocycles. The van der Waals surface area contributed by atoms with Crippen molar-refractivity contribution in [1.29, 1.82) is 0 Å². The zero-order valence-corrected chi connectivity index (χ0v) is 23.2. The average Bonchev–Trinajstić information content (AvgIpc) is 3.65. The maximum absolute atomic E-state index is 16.5.